The van der Waals surface area contributed by atoms with Crippen LogP contribution in [0.5, 0.6) is 11.5 Å². The van der Waals surface area contributed by atoms with Crippen LogP contribution in [0.2, 0.25) is 0 Å². The third-order valence-electron chi connectivity index (χ3n) is 5.64. The number of nitrogen functional groups attached to an aromatic ring is 1. The number of aromatic nitrogens is 1. The Balaban J connectivity index is 1.40. The highest BCUT2D eigenvalue weighted by atomic mass is 19.3. The number of rotatable bonds is 4. The second kappa shape index (κ2) is 6.66. The van der Waals surface area contributed by atoms with Gasteiger partial charge in [0.25, 0.3) is 0 Å². The molecule has 1 aliphatic carbocycles. The Kier molecular flexibility index (Phi) is 4.15. The molecule has 2 aliphatic rings. The summed E-state index contributed by atoms with van der Waals surface area (Å²) in [5.74, 6) is 0.0514. The first-order chi connectivity index (χ1) is 14.8. The first-order valence-electron chi connectivity index (χ1n) is 9.81. The van der Waals surface area contributed by atoms with Crippen molar-refractivity contribution in [1.82, 2.24) is 4.98 Å². The van der Waals surface area contributed by atoms with E-state index < -0.39 is 11.7 Å². The van der Waals surface area contributed by atoms with Crippen LogP contribution in [0.15, 0.2) is 54.6 Å². The minimum absolute atomic E-state index is 0.0445. The van der Waals surface area contributed by atoms with Gasteiger partial charge in [0.1, 0.15) is 5.82 Å². The zero-order chi connectivity index (χ0) is 21.8. The number of amides is 1. The van der Waals surface area contributed by atoms with E-state index in [1.54, 1.807) is 18.2 Å². The Bertz CT molecular complexity index is 1210. The van der Waals surface area contributed by atoms with Crippen molar-refractivity contribution in [3.05, 3.63) is 65.7 Å². The Labute approximate surface area is 177 Å². The molecule has 1 fully saturated rings. The average Bonchev–Trinajstić information content (AvgIpc) is 3.46. The van der Waals surface area contributed by atoms with Crippen LogP contribution in [0.4, 0.5) is 20.3 Å². The van der Waals surface area contributed by atoms with Gasteiger partial charge in [-0.05, 0) is 61.2 Å². The minimum atomic E-state index is -3.69. The maximum absolute atomic E-state index is 13.3. The molecule has 0 radical (unpaired) electrons. The molecule has 6 nitrogen and oxygen atoms in total. The second-order valence-corrected chi connectivity index (χ2v) is 7.85. The standard InChI is InChI=1S/C23H19F2N3O3/c1-13-5-8-19(27-20(13)14-3-2-4-16(26)11-14)28-21(29)22(9-10-22)15-6-7-17-18(12-15)31-23(24,25)30-17/h2-8,11-12H,9-10,26H2,1H3,(H,27,28,29). The maximum Gasteiger partial charge on any atom is 0.586 e. The third-order valence-corrected chi connectivity index (χ3v) is 5.64. The van der Waals surface area contributed by atoms with Gasteiger partial charge in [0.05, 0.1) is 11.1 Å². The highest BCUT2D eigenvalue weighted by Gasteiger charge is 2.53. The van der Waals surface area contributed by atoms with Crippen LogP contribution in [0.25, 0.3) is 11.3 Å². The van der Waals surface area contributed by atoms with Gasteiger partial charge < -0.3 is 20.5 Å². The zero-order valence-corrected chi connectivity index (χ0v) is 16.6. The van der Waals surface area contributed by atoms with Crippen molar-refractivity contribution < 1.29 is 23.0 Å². The third kappa shape index (κ3) is 3.43. The number of anilines is 2. The molecule has 0 bridgehead atoms. The molecule has 5 rings (SSSR count). The number of benzene rings is 2. The molecule has 0 unspecified atom stereocenters. The molecule has 1 amide bonds. The molecule has 3 N–H and O–H groups in total. The Morgan fingerprint density at radius 2 is 1.84 bits per heavy atom. The van der Waals surface area contributed by atoms with Gasteiger partial charge in [0.2, 0.25) is 5.91 Å². The van der Waals surface area contributed by atoms with Gasteiger partial charge in [0, 0.05) is 11.3 Å². The van der Waals surface area contributed by atoms with Crippen molar-refractivity contribution in [1.29, 1.82) is 0 Å². The lowest BCUT2D eigenvalue weighted by Gasteiger charge is -2.17. The molecule has 2 aromatic carbocycles. The van der Waals surface area contributed by atoms with E-state index in [-0.39, 0.29) is 17.4 Å². The van der Waals surface area contributed by atoms with E-state index in [1.807, 2.05) is 31.2 Å². The quantitative estimate of drug-likeness (QED) is 0.598. The Morgan fingerprint density at radius 1 is 1.06 bits per heavy atom. The number of pyridine rings is 1. The molecule has 158 valence electrons. The molecular weight excluding hydrogens is 404 g/mol. The number of aryl methyl sites for hydroxylation is 1. The molecule has 31 heavy (non-hydrogen) atoms. The smallest absolute Gasteiger partial charge is 0.399 e. The van der Waals surface area contributed by atoms with Gasteiger partial charge in [-0.3, -0.25) is 4.79 Å². The molecule has 2 heterocycles. The molecule has 0 atom stereocenters. The Morgan fingerprint density at radius 3 is 2.58 bits per heavy atom. The lowest BCUT2D eigenvalue weighted by atomic mass is 9.94. The van der Waals surface area contributed by atoms with Crippen molar-refractivity contribution in [3.63, 3.8) is 0 Å². The summed E-state index contributed by atoms with van der Waals surface area (Å²) < 4.78 is 35.6. The van der Waals surface area contributed by atoms with E-state index in [1.165, 1.54) is 12.1 Å². The Hall–Kier alpha value is -3.68. The molecule has 3 aromatic rings. The van der Waals surface area contributed by atoms with E-state index in [0.29, 0.717) is 29.9 Å². The molecule has 8 heteroatoms. The van der Waals surface area contributed by atoms with Crippen molar-refractivity contribution >= 4 is 17.4 Å². The molecular formula is C23H19F2N3O3. The zero-order valence-electron chi connectivity index (χ0n) is 16.6. The van der Waals surface area contributed by atoms with Crippen molar-refractivity contribution in [2.24, 2.45) is 0 Å². The molecule has 1 aromatic heterocycles. The van der Waals surface area contributed by atoms with Crippen LogP contribution in [0.1, 0.15) is 24.0 Å². The summed E-state index contributed by atoms with van der Waals surface area (Å²) in [6, 6.07) is 15.5. The first kappa shape index (κ1) is 19.3. The molecule has 0 spiro atoms. The highest BCUT2D eigenvalue weighted by Crippen LogP contribution is 2.52. The summed E-state index contributed by atoms with van der Waals surface area (Å²) in [6.45, 7) is 1.93. The van der Waals surface area contributed by atoms with E-state index in [4.69, 9.17) is 5.73 Å². The van der Waals surface area contributed by atoms with E-state index in [0.717, 1.165) is 16.8 Å². The normalized spacial score (nSPS) is 17.3. The highest BCUT2D eigenvalue weighted by molar-refractivity contribution is 6.01. The van der Waals surface area contributed by atoms with Crippen molar-refractivity contribution in [3.8, 4) is 22.8 Å². The number of halogens is 2. The number of fused-ring (bicyclic) bond motifs is 1. The van der Waals surface area contributed by atoms with Crippen molar-refractivity contribution in [2.75, 3.05) is 11.1 Å². The van der Waals surface area contributed by atoms with Gasteiger partial charge >= 0.3 is 6.29 Å². The fourth-order valence-electron chi connectivity index (χ4n) is 3.83. The summed E-state index contributed by atoms with van der Waals surface area (Å²) in [5.41, 5.74) is 8.83. The number of nitrogens with one attached hydrogen (secondary N) is 1. The van der Waals surface area contributed by atoms with E-state index in [2.05, 4.69) is 19.8 Å². The molecule has 1 saturated carbocycles. The summed E-state index contributed by atoms with van der Waals surface area (Å²) in [4.78, 5) is 17.7. The number of nitrogens with two attached hydrogens (primary N) is 1. The predicted molar refractivity (Wildman–Crippen MR) is 111 cm³/mol. The van der Waals surface area contributed by atoms with Crippen LogP contribution in [0, 0.1) is 6.92 Å². The van der Waals surface area contributed by atoms with Gasteiger partial charge in [-0.15, -0.1) is 8.78 Å². The number of nitrogens with zero attached hydrogens (tertiary/aromatic N) is 1. The predicted octanol–water partition coefficient (Wildman–Crippen LogP) is 4.63. The van der Waals surface area contributed by atoms with Crippen LogP contribution < -0.4 is 20.5 Å². The molecule has 1 aliphatic heterocycles. The van der Waals surface area contributed by atoms with Crippen molar-refractivity contribution in [2.45, 2.75) is 31.5 Å². The van der Waals surface area contributed by atoms with E-state index >= 15 is 0 Å². The number of carbonyl (C=O) groups is 1. The lowest BCUT2D eigenvalue weighted by Crippen LogP contribution is -2.28. The topological polar surface area (TPSA) is 86.5 Å². The van der Waals surface area contributed by atoms with Crippen LogP contribution in [-0.2, 0) is 10.2 Å². The number of alkyl halides is 2. The number of ether oxygens (including phenoxy) is 2. The molecule has 0 saturated heterocycles. The number of carbonyl (C=O) groups excluding carboxylic acids is 1. The summed E-state index contributed by atoms with van der Waals surface area (Å²) >= 11 is 0. The lowest BCUT2D eigenvalue weighted by molar-refractivity contribution is -0.286. The monoisotopic (exact) mass is 423 g/mol. The van der Waals surface area contributed by atoms with Gasteiger partial charge in [-0.2, -0.15) is 0 Å². The summed E-state index contributed by atoms with van der Waals surface area (Å²) in [7, 11) is 0. The van der Waals surface area contributed by atoms with Gasteiger partial charge in [0.15, 0.2) is 11.5 Å². The largest absolute Gasteiger partial charge is 0.586 e. The minimum Gasteiger partial charge on any atom is -0.399 e. The average molecular weight is 423 g/mol. The number of hydrogen-bond acceptors (Lipinski definition) is 5. The van der Waals surface area contributed by atoms with Crippen LogP contribution >= 0.6 is 0 Å². The summed E-state index contributed by atoms with van der Waals surface area (Å²) in [6.07, 6.45) is -2.49. The van der Waals surface area contributed by atoms with Crippen LogP contribution in [0.3, 0.4) is 0 Å². The maximum atomic E-state index is 13.3. The summed E-state index contributed by atoms with van der Waals surface area (Å²) in [5, 5.41) is 2.88. The second-order valence-electron chi connectivity index (χ2n) is 7.85. The first-order valence-corrected chi connectivity index (χ1v) is 9.81. The number of hydrogen-bond donors (Lipinski definition) is 2. The van der Waals surface area contributed by atoms with Gasteiger partial charge in [-0.25, -0.2) is 4.98 Å². The van der Waals surface area contributed by atoms with Crippen LogP contribution in [-0.4, -0.2) is 17.2 Å². The fourth-order valence-corrected chi connectivity index (χ4v) is 3.83. The fraction of sp³-hybridized carbons (Fsp3) is 0.217. The SMILES string of the molecule is Cc1ccc(NC(=O)C2(c3ccc4c(c3)OC(F)(F)O4)CC2)nc1-c1cccc(N)c1. The van der Waals surface area contributed by atoms with Gasteiger partial charge in [-0.1, -0.05) is 24.3 Å². The van der Waals surface area contributed by atoms with E-state index in [9.17, 15) is 13.6 Å².